The molecule has 2 aromatic heterocycles. The van der Waals surface area contributed by atoms with E-state index in [0.717, 1.165) is 55.1 Å². The fourth-order valence-corrected chi connectivity index (χ4v) is 4.21. The van der Waals surface area contributed by atoms with E-state index >= 15 is 0 Å². The monoisotopic (exact) mass is 445 g/mol. The van der Waals surface area contributed by atoms with Crippen LogP contribution in [0.4, 0.5) is 23.4 Å². The average molecular weight is 446 g/mol. The van der Waals surface area contributed by atoms with Gasteiger partial charge in [-0.1, -0.05) is 52.0 Å². The van der Waals surface area contributed by atoms with Gasteiger partial charge in [-0.15, -0.1) is 0 Å². The van der Waals surface area contributed by atoms with Crippen LogP contribution in [-0.4, -0.2) is 33.0 Å². The van der Waals surface area contributed by atoms with E-state index in [1.54, 1.807) is 0 Å². The van der Waals surface area contributed by atoms with Gasteiger partial charge < -0.3 is 20.5 Å². The second-order valence-corrected chi connectivity index (χ2v) is 9.48. The van der Waals surface area contributed by atoms with E-state index in [-0.39, 0.29) is 5.41 Å². The number of anilines is 4. The molecule has 0 unspecified atom stereocenters. The molecule has 7 nitrogen and oxygen atoms in total. The first kappa shape index (κ1) is 22.8. The highest BCUT2D eigenvalue weighted by Crippen LogP contribution is 2.32. The molecular formula is C26H35N7. The van der Waals surface area contributed by atoms with Crippen LogP contribution in [0, 0.1) is 12.3 Å². The molecule has 0 spiro atoms. The summed E-state index contributed by atoms with van der Waals surface area (Å²) in [5, 5.41) is 6.84. The molecule has 0 saturated heterocycles. The van der Waals surface area contributed by atoms with Crippen LogP contribution in [0.1, 0.15) is 52.5 Å². The number of aryl methyl sites for hydroxylation is 1. The van der Waals surface area contributed by atoms with E-state index in [0.29, 0.717) is 17.5 Å². The molecule has 2 heterocycles. The quantitative estimate of drug-likeness (QED) is 0.358. The van der Waals surface area contributed by atoms with Crippen LogP contribution in [0.5, 0.6) is 0 Å². The Kier molecular flexibility index (Phi) is 6.67. The highest BCUT2D eigenvalue weighted by atomic mass is 15.3. The van der Waals surface area contributed by atoms with E-state index in [2.05, 4.69) is 85.5 Å². The van der Waals surface area contributed by atoms with E-state index in [4.69, 9.17) is 15.0 Å². The van der Waals surface area contributed by atoms with Crippen molar-refractivity contribution in [2.24, 2.45) is 5.41 Å². The van der Waals surface area contributed by atoms with Gasteiger partial charge in [0.2, 0.25) is 11.9 Å². The van der Waals surface area contributed by atoms with Crippen molar-refractivity contribution in [1.29, 1.82) is 0 Å². The Bertz CT molecular complexity index is 1170. The largest absolute Gasteiger partial charge is 0.355 e. The molecule has 33 heavy (non-hydrogen) atoms. The van der Waals surface area contributed by atoms with E-state index in [1.807, 2.05) is 12.1 Å². The maximum absolute atomic E-state index is 4.95. The van der Waals surface area contributed by atoms with Crippen LogP contribution in [-0.2, 0) is 0 Å². The zero-order chi connectivity index (χ0) is 23.4. The molecule has 0 atom stereocenters. The number of hydrogen-bond acceptors (Lipinski definition) is 6. The molecule has 0 bridgehead atoms. The molecule has 1 aliphatic rings. The van der Waals surface area contributed by atoms with Gasteiger partial charge in [0, 0.05) is 24.5 Å². The number of aromatic nitrogens is 4. The van der Waals surface area contributed by atoms with Gasteiger partial charge >= 0.3 is 0 Å². The molecular weight excluding hydrogens is 410 g/mol. The van der Waals surface area contributed by atoms with Crippen LogP contribution in [0.3, 0.4) is 0 Å². The summed E-state index contributed by atoms with van der Waals surface area (Å²) in [5.74, 6) is 2.14. The number of benzene rings is 1. The lowest BCUT2D eigenvalue weighted by atomic mass is 9.84. The third kappa shape index (κ3) is 5.53. The lowest BCUT2D eigenvalue weighted by Gasteiger charge is -2.26. The first-order valence-corrected chi connectivity index (χ1v) is 11.9. The summed E-state index contributed by atoms with van der Waals surface area (Å²) >= 11 is 0. The van der Waals surface area contributed by atoms with E-state index in [9.17, 15) is 0 Å². The lowest BCUT2D eigenvalue weighted by Crippen LogP contribution is -2.26. The van der Waals surface area contributed by atoms with Crippen molar-refractivity contribution >= 4 is 34.6 Å². The van der Waals surface area contributed by atoms with Crippen LogP contribution >= 0.6 is 0 Å². The predicted octanol–water partition coefficient (Wildman–Crippen LogP) is 6.31. The van der Waals surface area contributed by atoms with Crippen LogP contribution < -0.4 is 15.5 Å². The lowest BCUT2D eigenvalue weighted by molar-refractivity contribution is 0.471. The van der Waals surface area contributed by atoms with E-state index < -0.39 is 0 Å². The summed E-state index contributed by atoms with van der Waals surface area (Å²) in [5.41, 5.74) is 4.91. The molecule has 0 saturated carbocycles. The minimum Gasteiger partial charge on any atom is -0.355 e. The molecule has 0 fully saturated rings. The molecule has 0 radical (unpaired) electrons. The number of hydrogen-bond donors (Lipinski definition) is 3. The smallest absolute Gasteiger partial charge is 0.231 e. The minimum atomic E-state index is 0.109. The van der Waals surface area contributed by atoms with Gasteiger partial charge in [0.1, 0.15) is 5.52 Å². The van der Waals surface area contributed by atoms with Gasteiger partial charge in [-0.2, -0.15) is 15.0 Å². The fraction of sp³-hybridized carbons (Fsp3) is 0.423. The number of rotatable bonds is 9. The number of fused-ring (bicyclic) bond motifs is 1. The topological polar surface area (TPSA) is 81.8 Å². The first-order valence-electron chi connectivity index (χ1n) is 11.9. The Labute approximate surface area is 196 Å². The minimum absolute atomic E-state index is 0.109. The zero-order valence-electron chi connectivity index (χ0n) is 20.4. The fourth-order valence-electron chi connectivity index (χ4n) is 4.21. The first-order chi connectivity index (χ1) is 15.9. The summed E-state index contributed by atoms with van der Waals surface area (Å²) in [7, 11) is 0. The molecule has 1 aromatic carbocycles. The Hall–Kier alpha value is -3.35. The van der Waals surface area contributed by atoms with Gasteiger partial charge in [0.25, 0.3) is 0 Å². The molecule has 7 heteroatoms. The van der Waals surface area contributed by atoms with Crippen molar-refractivity contribution in [3.63, 3.8) is 0 Å². The molecule has 174 valence electrons. The maximum atomic E-state index is 4.95. The second-order valence-electron chi connectivity index (χ2n) is 9.48. The number of imidazole rings is 1. The Morgan fingerprint density at radius 3 is 2.55 bits per heavy atom. The van der Waals surface area contributed by atoms with Crippen molar-refractivity contribution in [1.82, 2.24) is 19.9 Å². The van der Waals surface area contributed by atoms with Gasteiger partial charge in [-0.3, -0.25) is 0 Å². The summed E-state index contributed by atoms with van der Waals surface area (Å²) in [6.07, 6.45) is 9.43. The SMILES string of the molecule is CCCN(CCC)c1nc(NC2=CC=CC(C)(C)C2)nc2nc(Nc3cccc(C)c3)[nH]c12. The summed E-state index contributed by atoms with van der Waals surface area (Å²) in [4.78, 5) is 20.2. The van der Waals surface area contributed by atoms with Crippen molar-refractivity contribution < 1.29 is 0 Å². The van der Waals surface area contributed by atoms with Crippen LogP contribution in [0.15, 0.2) is 48.2 Å². The van der Waals surface area contributed by atoms with Crippen molar-refractivity contribution in [3.8, 4) is 0 Å². The second kappa shape index (κ2) is 9.65. The highest BCUT2D eigenvalue weighted by Gasteiger charge is 2.21. The Morgan fingerprint density at radius 2 is 1.85 bits per heavy atom. The molecule has 4 rings (SSSR count). The third-order valence-corrected chi connectivity index (χ3v) is 5.66. The third-order valence-electron chi connectivity index (χ3n) is 5.66. The zero-order valence-corrected chi connectivity index (χ0v) is 20.4. The molecule has 3 N–H and O–H groups in total. The average Bonchev–Trinajstić information content (AvgIpc) is 3.14. The Morgan fingerprint density at radius 1 is 1.06 bits per heavy atom. The predicted molar refractivity (Wildman–Crippen MR) is 138 cm³/mol. The highest BCUT2D eigenvalue weighted by molar-refractivity contribution is 5.87. The summed E-state index contributed by atoms with van der Waals surface area (Å²) in [6, 6.07) is 8.24. The van der Waals surface area contributed by atoms with Gasteiger partial charge in [-0.05, 0) is 55.4 Å². The van der Waals surface area contributed by atoms with Crippen molar-refractivity contribution in [2.45, 2.75) is 53.9 Å². The molecule has 3 aromatic rings. The molecule has 1 aliphatic carbocycles. The summed E-state index contributed by atoms with van der Waals surface area (Å²) < 4.78 is 0. The number of aromatic amines is 1. The van der Waals surface area contributed by atoms with Gasteiger partial charge in [0.05, 0.1) is 0 Å². The van der Waals surface area contributed by atoms with Gasteiger partial charge in [-0.25, -0.2) is 0 Å². The molecule has 0 aliphatic heterocycles. The van der Waals surface area contributed by atoms with Gasteiger partial charge in [0.15, 0.2) is 11.5 Å². The van der Waals surface area contributed by atoms with Crippen molar-refractivity contribution in [3.05, 3.63) is 53.8 Å². The van der Waals surface area contributed by atoms with Crippen LogP contribution in [0.2, 0.25) is 0 Å². The maximum Gasteiger partial charge on any atom is 0.231 e. The number of nitrogens with one attached hydrogen (secondary N) is 3. The molecule has 0 amide bonds. The number of allylic oxidation sites excluding steroid dienone is 4. The van der Waals surface area contributed by atoms with Crippen LogP contribution in [0.25, 0.3) is 11.2 Å². The Balaban J connectivity index is 1.72. The normalized spacial score (nSPS) is 14.9. The number of H-pyrrole nitrogens is 1. The van der Waals surface area contributed by atoms with E-state index in [1.165, 1.54) is 5.56 Å². The van der Waals surface area contributed by atoms with Crippen molar-refractivity contribution in [2.75, 3.05) is 28.6 Å². The summed E-state index contributed by atoms with van der Waals surface area (Å²) in [6.45, 7) is 12.8. The standard InChI is InChI=1S/C26H35N7/c1-6-14-33(15-7-2)23-21-22(30-24(29-21)27-19-11-8-10-18(3)16-19)31-25(32-23)28-20-12-9-13-26(4,5)17-20/h8-13,16H,6-7,14-15,17H2,1-5H3,(H3,27,28,29,30,31,32). The number of nitrogens with zero attached hydrogens (tertiary/aromatic N) is 4.